The molecule has 1 aromatic rings. The molecule has 1 aliphatic rings. The second-order valence-electron chi connectivity index (χ2n) is 5.55. The van der Waals surface area contributed by atoms with Crippen LogP contribution in [0.25, 0.3) is 0 Å². The fraction of sp³-hybridized carbons (Fsp3) is 0.500. The van der Waals surface area contributed by atoms with E-state index < -0.39 is 35.2 Å². The van der Waals surface area contributed by atoms with Crippen molar-refractivity contribution >= 4 is 25.5 Å². The van der Waals surface area contributed by atoms with E-state index in [0.717, 1.165) is 12.1 Å². The first-order valence-corrected chi connectivity index (χ1v) is 10.0. The van der Waals surface area contributed by atoms with Gasteiger partial charge in [0.2, 0.25) is 10.0 Å². The fourth-order valence-corrected chi connectivity index (χ4v) is 3.76. The zero-order chi connectivity index (χ0) is 19.0. The molecule has 3 N–H and O–H groups in total. The minimum absolute atomic E-state index is 0.366. The summed E-state index contributed by atoms with van der Waals surface area (Å²) in [6, 6.07) is 2.32. The number of likely N-dealkylation sites (N-methyl/N-ethyl adjacent to an activating group) is 1. The van der Waals surface area contributed by atoms with E-state index in [9.17, 15) is 30.0 Å². The van der Waals surface area contributed by atoms with Crippen LogP contribution in [-0.4, -0.2) is 65.5 Å². The number of hydrogen-bond acceptors (Lipinski definition) is 7. The van der Waals surface area contributed by atoms with E-state index in [1.165, 1.54) is 0 Å². The molecular formula is C12H17F3N4O4S2. The fourth-order valence-electron chi connectivity index (χ4n) is 2.21. The predicted octanol–water partition coefficient (Wildman–Crippen LogP) is 0.202. The van der Waals surface area contributed by atoms with Crippen LogP contribution in [0.15, 0.2) is 28.0 Å². The molecule has 0 bridgehead atoms. The van der Waals surface area contributed by atoms with Gasteiger partial charge in [0.05, 0.1) is 10.6 Å². The lowest BCUT2D eigenvalue weighted by Crippen LogP contribution is -2.47. The van der Waals surface area contributed by atoms with Crippen LogP contribution in [0.5, 0.6) is 0 Å². The van der Waals surface area contributed by atoms with Gasteiger partial charge in [-0.3, -0.25) is 0 Å². The first-order chi connectivity index (χ1) is 11.3. The molecule has 0 amide bonds. The average molecular weight is 402 g/mol. The topological polar surface area (TPSA) is 113 Å². The highest BCUT2D eigenvalue weighted by Gasteiger charge is 2.48. The van der Waals surface area contributed by atoms with Crippen LogP contribution < -0.4 is 10.6 Å². The van der Waals surface area contributed by atoms with Crippen molar-refractivity contribution in [1.82, 2.24) is 9.91 Å². The van der Waals surface area contributed by atoms with Gasteiger partial charge in [-0.1, -0.05) is 0 Å². The van der Waals surface area contributed by atoms with Crippen molar-refractivity contribution in [1.29, 1.82) is 0 Å². The lowest BCUT2D eigenvalue weighted by molar-refractivity contribution is -0.0435. The third-order valence-electron chi connectivity index (χ3n) is 3.66. The highest BCUT2D eigenvalue weighted by atomic mass is 32.2. The van der Waals surface area contributed by atoms with Gasteiger partial charge in [0.25, 0.3) is 9.84 Å². The van der Waals surface area contributed by atoms with E-state index >= 15 is 0 Å². The van der Waals surface area contributed by atoms with Crippen molar-refractivity contribution in [2.75, 3.05) is 38.7 Å². The van der Waals surface area contributed by atoms with Crippen molar-refractivity contribution in [3.8, 4) is 0 Å². The Bertz CT molecular complexity index is 848. The number of halogens is 3. The van der Waals surface area contributed by atoms with Crippen LogP contribution >= 0.6 is 0 Å². The molecule has 1 saturated heterocycles. The quantitative estimate of drug-likeness (QED) is 0.740. The van der Waals surface area contributed by atoms with E-state index in [-0.39, 0.29) is 5.69 Å². The number of alkyl halides is 3. The first-order valence-electron chi connectivity index (χ1n) is 7.01. The number of hydrogen-bond donors (Lipinski definition) is 2. The summed E-state index contributed by atoms with van der Waals surface area (Å²) in [5.41, 5.74) is -3.33. The highest BCUT2D eigenvalue weighted by Crippen LogP contribution is 2.35. The lowest BCUT2D eigenvalue weighted by Gasteiger charge is -2.33. The van der Waals surface area contributed by atoms with Gasteiger partial charge in [-0.25, -0.2) is 27.0 Å². The number of nitrogens with two attached hydrogens (primary N) is 1. The van der Waals surface area contributed by atoms with Crippen LogP contribution in [0, 0.1) is 0 Å². The molecule has 1 fully saturated rings. The summed E-state index contributed by atoms with van der Waals surface area (Å²) in [6.45, 7) is 2.14. The van der Waals surface area contributed by atoms with E-state index in [1.807, 2.05) is 11.9 Å². The van der Waals surface area contributed by atoms with Crippen molar-refractivity contribution in [2.24, 2.45) is 5.14 Å². The molecule has 1 aliphatic heterocycles. The van der Waals surface area contributed by atoms with Crippen molar-refractivity contribution < 1.29 is 30.0 Å². The SMILES string of the molecule is CN1CCN(Nc2ccc(S(N)(=O)=O)cc2S(=O)(=O)C(F)(F)F)CC1. The molecule has 142 valence electrons. The summed E-state index contributed by atoms with van der Waals surface area (Å²) in [5.74, 6) is 0. The van der Waals surface area contributed by atoms with Crippen LogP contribution in [-0.2, 0) is 19.9 Å². The molecule has 0 aliphatic carbocycles. The number of benzene rings is 1. The van der Waals surface area contributed by atoms with E-state index in [1.54, 1.807) is 5.01 Å². The molecule has 1 aromatic carbocycles. The van der Waals surface area contributed by atoms with Gasteiger partial charge in [-0.2, -0.15) is 13.2 Å². The van der Waals surface area contributed by atoms with Crippen LogP contribution in [0.4, 0.5) is 18.9 Å². The molecule has 0 radical (unpaired) electrons. The van der Waals surface area contributed by atoms with Gasteiger partial charge in [0.15, 0.2) is 0 Å². The number of rotatable bonds is 4. The number of sulfonamides is 1. The average Bonchev–Trinajstić information content (AvgIpc) is 2.47. The maximum absolute atomic E-state index is 12.9. The standard InChI is InChI=1S/C12H17F3N4O4S2/c1-18-4-6-19(7-5-18)17-10-3-2-9(25(16,22)23)8-11(10)24(20,21)12(13,14)15/h2-3,8,17H,4-7H2,1H3,(H2,16,22,23). The van der Waals surface area contributed by atoms with Gasteiger partial charge in [0.1, 0.15) is 4.90 Å². The van der Waals surface area contributed by atoms with Gasteiger partial charge in [-0.05, 0) is 25.2 Å². The summed E-state index contributed by atoms with van der Waals surface area (Å²) in [7, 11) is -8.27. The van der Waals surface area contributed by atoms with Gasteiger partial charge < -0.3 is 10.3 Å². The molecule has 0 aromatic heterocycles. The zero-order valence-corrected chi connectivity index (χ0v) is 14.7. The van der Waals surface area contributed by atoms with Crippen LogP contribution in [0.1, 0.15) is 0 Å². The third-order valence-corrected chi connectivity index (χ3v) is 6.09. The number of piperazine rings is 1. The van der Waals surface area contributed by atoms with Crippen molar-refractivity contribution in [3.05, 3.63) is 18.2 Å². The molecule has 13 heteroatoms. The molecule has 0 atom stereocenters. The number of hydrazine groups is 1. The monoisotopic (exact) mass is 402 g/mol. The van der Waals surface area contributed by atoms with E-state index in [2.05, 4.69) is 5.43 Å². The zero-order valence-electron chi connectivity index (χ0n) is 13.1. The second-order valence-corrected chi connectivity index (χ2v) is 9.03. The van der Waals surface area contributed by atoms with Gasteiger partial charge in [0, 0.05) is 26.2 Å². The number of anilines is 1. The van der Waals surface area contributed by atoms with E-state index in [0.29, 0.717) is 32.2 Å². The number of sulfone groups is 1. The minimum atomic E-state index is -5.77. The molecule has 2 rings (SSSR count). The Hall–Kier alpha value is -1.41. The van der Waals surface area contributed by atoms with Crippen molar-refractivity contribution in [2.45, 2.75) is 15.3 Å². The number of nitrogens with one attached hydrogen (secondary N) is 1. The largest absolute Gasteiger partial charge is 0.501 e. The normalized spacial score (nSPS) is 18.3. The van der Waals surface area contributed by atoms with Crippen molar-refractivity contribution in [3.63, 3.8) is 0 Å². The molecule has 0 unspecified atom stereocenters. The van der Waals surface area contributed by atoms with E-state index in [4.69, 9.17) is 5.14 Å². The Morgan fingerprint density at radius 1 is 1.08 bits per heavy atom. The molecule has 8 nitrogen and oxygen atoms in total. The summed E-state index contributed by atoms with van der Waals surface area (Å²) in [5, 5.41) is 6.44. The molecule has 0 saturated carbocycles. The lowest BCUT2D eigenvalue weighted by atomic mass is 10.3. The summed E-state index contributed by atoms with van der Waals surface area (Å²) in [4.78, 5) is 0.0834. The maximum atomic E-state index is 12.9. The number of primary sulfonamides is 1. The first kappa shape index (κ1) is 19.9. The van der Waals surface area contributed by atoms with Gasteiger partial charge >= 0.3 is 5.51 Å². The van der Waals surface area contributed by atoms with Crippen LogP contribution in [0.3, 0.4) is 0 Å². The Kier molecular flexibility index (Phi) is 5.35. The predicted molar refractivity (Wildman–Crippen MR) is 83.7 cm³/mol. The third kappa shape index (κ3) is 4.41. The molecular weight excluding hydrogens is 385 g/mol. The second kappa shape index (κ2) is 6.72. The summed E-state index contributed by atoms with van der Waals surface area (Å²) in [6.07, 6.45) is 0. The Morgan fingerprint density at radius 2 is 1.64 bits per heavy atom. The minimum Gasteiger partial charge on any atom is -0.317 e. The Balaban J connectivity index is 2.49. The van der Waals surface area contributed by atoms with Crippen LogP contribution in [0.2, 0.25) is 0 Å². The maximum Gasteiger partial charge on any atom is 0.501 e. The molecule has 0 spiro atoms. The Labute approximate surface area is 143 Å². The smallest absolute Gasteiger partial charge is 0.317 e. The van der Waals surface area contributed by atoms with Gasteiger partial charge in [-0.15, -0.1) is 0 Å². The molecule has 25 heavy (non-hydrogen) atoms. The summed E-state index contributed by atoms with van der Waals surface area (Å²) >= 11 is 0. The molecule has 1 heterocycles. The Morgan fingerprint density at radius 3 is 2.12 bits per heavy atom. The number of nitrogens with zero attached hydrogens (tertiary/aromatic N) is 2. The summed E-state index contributed by atoms with van der Waals surface area (Å²) < 4.78 is 85.2. The highest BCUT2D eigenvalue weighted by molar-refractivity contribution is 7.92.